The van der Waals surface area contributed by atoms with Crippen LogP contribution in [0.2, 0.25) is 0 Å². The monoisotopic (exact) mass is 327 g/mol. The van der Waals surface area contributed by atoms with Crippen LogP contribution in [0.4, 0.5) is 5.69 Å². The third kappa shape index (κ3) is 3.48. The van der Waals surface area contributed by atoms with Crippen LogP contribution < -0.4 is 10.1 Å². The summed E-state index contributed by atoms with van der Waals surface area (Å²) in [6.07, 6.45) is 1.82. The number of amides is 1. The summed E-state index contributed by atoms with van der Waals surface area (Å²) in [6, 6.07) is 5.49. The van der Waals surface area contributed by atoms with Crippen LogP contribution in [0.25, 0.3) is 0 Å². The Labute approximate surface area is 121 Å². The maximum absolute atomic E-state index is 12.2. The number of hydrogen-bond donors (Lipinski definition) is 2. The average Bonchev–Trinajstić information content (AvgIpc) is 2.79. The maximum atomic E-state index is 12.2. The minimum absolute atomic E-state index is 0.135. The lowest BCUT2D eigenvalue weighted by Crippen LogP contribution is -2.28. The summed E-state index contributed by atoms with van der Waals surface area (Å²) in [7, 11) is 0. The van der Waals surface area contributed by atoms with Crippen molar-refractivity contribution in [3.05, 3.63) is 22.7 Å². The minimum atomic E-state index is -0.525. The van der Waals surface area contributed by atoms with Gasteiger partial charge in [0, 0.05) is 4.47 Å². The molecule has 19 heavy (non-hydrogen) atoms. The van der Waals surface area contributed by atoms with Gasteiger partial charge in [-0.3, -0.25) is 4.79 Å². The average molecular weight is 328 g/mol. The SMILES string of the molecule is CCOc1ccc(Br)cc1NC(=O)C1CCCC1O. The second-order valence-electron chi connectivity index (χ2n) is 4.67. The Morgan fingerprint density at radius 1 is 1.53 bits per heavy atom. The van der Waals surface area contributed by atoms with Crippen molar-refractivity contribution >= 4 is 27.5 Å². The Hall–Kier alpha value is -1.07. The van der Waals surface area contributed by atoms with Crippen LogP contribution in [0.15, 0.2) is 22.7 Å². The largest absolute Gasteiger partial charge is 0.492 e. The van der Waals surface area contributed by atoms with Gasteiger partial charge in [-0.15, -0.1) is 0 Å². The molecule has 1 aliphatic carbocycles. The summed E-state index contributed by atoms with van der Waals surface area (Å²) in [5.74, 6) is 0.198. The third-order valence-corrected chi connectivity index (χ3v) is 3.81. The van der Waals surface area contributed by atoms with E-state index < -0.39 is 6.10 Å². The van der Waals surface area contributed by atoms with Crippen molar-refractivity contribution < 1.29 is 14.6 Å². The number of nitrogens with one attached hydrogen (secondary N) is 1. The molecule has 0 aromatic heterocycles. The highest BCUT2D eigenvalue weighted by molar-refractivity contribution is 9.10. The zero-order valence-corrected chi connectivity index (χ0v) is 12.4. The van der Waals surface area contributed by atoms with Crippen LogP contribution in [-0.4, -0.2) is 23.7 Å². The van der Waals surface area contributed by atoms with Crippen LogP contribution in [0.3, 0.4) is 0 Å². The number of aliphatic hydroxyl groups excluding tert-OH is 1. The summed E-state index contributed by atoms with van der Waals surface area (Å²) in [5.41, 5.74) is 0.639. The van der Waals surface area contributed by atoms with E-state index >= 15 is 0 Å². The number of carbonyl (C=O) groups excluding carboxylic acids is 1. The number of carbonyl (C=O) groups is 1. The van der Waals surface area contributed by atoms with Gasteiger partial charge >= 0.3 is 0 Å². The van der Waals surface area contributed by atoms with Crippen molar-refractivity contribution in [2.45, 2.75) is 32.3 Å². The predicted octanol–water partition coefficient (Wildman–Crippen LogP) is 2.95. The number of rotatable bonds is 4. The first-order chi connectivity index (χ1) is 9.11. The molecule has 0 bridgehead atoms. The van der Waals surface area contributed by atoms with Crippen molar-refractivity contribution in [3.8, 4) is 5.75 Å². The van der Waals surface area contributed by atoms with Gasteiger partial charge in [-0.1, -0.05) is 15.9 Å². The van der Waals surface area contributed by atoms with Crippen molar-refractivity contribution in [3.63, 3.8) is 0 Å². The number of benzene rings is 1. The molecule has 2 atom stereocenters. The summed E-state index contributed by atoms with van der Waals surface area (Å²) < 4.78 is 6.36. The number of aliphatic hydroxyl groups is 1. The lowest BCUT2D eigenvalue weighted by atomic mass is 10.1. The van der Waals surface area contributed by atoms with E-state index in [1.165, 1.54) is 0 Å². The topological polar surface area (TPSA) is 58.6 Å². The van der Waals surface area contributed by atoms with Crippen molar-refractivity contribution in [2.75, 3.05) is 11.9 Å². The number of hydrogen-bond acceptors (Lipinski definition) is 3. The molecule has 0 saturated heterocycles. The van der Waals surface area contributed by atoms with Gasteiger partial charge in [-0.05, 0) is 44.4 Å². The Morgan fingerprint density at radius 2 is 2.32 bits per heavy atom. The van der Waals surface area contributed by atoms with E-state index in [9.17, 15) is 9.90 Å². The molecule has 1 aromatic carbocycles. The molecular formula is C14H18BrNO3. The van der Waals surface area contributed by atoms with Gasteiger partial charge in [0.2, 0.25) is 5.91 Å². The Morgan fingerprint density at radius 3 is 2.95 bits per heavy atom. The van der Waals surface area contributed by atoms with E-state index in [0.29, 0.717) is 24.5 Å². The van der Waals surface area contributed by atoms with Gasteiger partial charge in [0.15, 0.2) is 0 Å². The highest BCUT2D eigenvalue weighted by Crippen LogP contribution is 2.31. The molecule has 1 fully saturated rings. The molecular weight excluding hydrogens is 310 g/mol. The molecule has 1 amide bonds. The van der Waals surface area contributed by atoms with Gasteiger partial charge in [0.25, 0.3) is 0 Å². The molecule has 0 aliphatic heterocycles. The Balaban J connectivity index is 2.13. The molecule has 104 valence electrons. The highest BCUT2D eigenvalue weighted by Gasteiger charge is 2.31. The van der Waals surface area contributed by atoms with Crippen LogP contribution in [0, 0.1) is 5.92 Å². The van der Waals surface area contributed by atoms with Gasteiger partial charge in [0.1, 0.15) is 5.75 Å². The van der Waals surface area contributed by atoms with Crippen LogP contribution in [0.1, 0.15) is 26.2 Å². The number of anilines is 1. The van der Waals surface area contributed by atoms with Crippen LogP contribution >= 0.6 is 15.9 Å². The summed E-state index contributed by atoms with van der Waals surface area (Å²) in [5, 5.41) is 12.6. The quantitative estimate of drug-likeness (QED) is 0.893. The van der Waals surface area contributed by atoms with Gasteiger partial charge < -0.3 is 15.2 Å². The predicted molar refractivity (Wildman–Crippen MR) is 77.3 cm³/mol. The third-order valence-electron chi connectivity index (χ3n) is 3.32. The van der Waals surface area contributed by atoms with E-state index in [-0.39, 0.29) is 11.8 Å². The summed E-state index contributed by atoms with van der Waals surface area (Å²) in [4.78, 5) is 12.2. The first kappa shape index (κ1) is 14.3. The van der Waals surface area contributed by atoms with E-state index in [0.717, 1.165) is 17.3 Å². The van der Waals surface area contributed by atoms with Crippen LogP contribution in [-0.2, 0) is 4.79 Å². The smallest absolute Gasteiger partial charge is 0.230 e. The molecule has 2 N–H and O–H groups in total. The zero-order chi connectivity index (χ0) is 13.8. The number of ether oxygens (including phenoxy) is 1. The Bertz CT molecular complexity index is 464. The van der Waals surface area contributed by atoms with E-state index in [1.807, 2.05) is 25.1 Å². The molecule has 2 unspecified atom stereocenters. The fourth-order valence-electron chi connectivity index (χ4n) is 2.35. The lowest BCUT2D eigenvalue weighted by molar-refractivity contribution is -0.122. The molecule has 5 heteroatoms. The van der Waals surface area contributed by atoms with E-state index in [2.05, 4.69) is 21.2 Å². The fraction of sp³-hybridized carbons (Fsp3) is 0.500. The Kier molecular flexibility index (Phi) is 4.82. The summed E-state index contributed by atoms with van der Waals surface area (Å²) >= 11 is 3.38. The second kappa shape index (κ2) is 6.39. The molecule has 1 aromatic rings. The summed E-state index contributed by atoms with van der Waals surface area (Å²) in [6.45, 7) is 2.44. The van der Waals surface area contributed by atoms with E-state index in [1.54, 1.807) is 0 Å². The molecule has 2 rings (SSSR count). The van der Waals surface area contributed by atoms with Crippen LogP contribution in [0.5, 0.6) is 5.75 Å². The zero-order valence-electron chi connectivity index (χ0n) is 10.9. The molecule has 0 spiro atoms. The molecule has 0 heterocycles. The van der Waals surface area contributed by atoms with E-state index in [4.69, 9.17) is 4.74 Å². The number of halogens is 1. The van der Waals surface area contributed by atoms with Gasteiger partial charge in [-0.25, -0.2) is 0 Å². The van der Waals surface area contributed by atoms with Gasteiger partial charge in [-0.2, -0.15) is 0 Å². The maximum Gasteiger partial charge on any atom is 0.230 e. The highest BCUT2D eigenvalue weighted by atomic mass is 79.9. The minimum Gasteiger partial charge on any atom is -0.492 e. The molecule has 4 nitrogen and oxygen atoms in total. The second-order valence-corrected chi connectivity index (χ2v) is 5.58. The van der Waals surface area contributed by atoms with Crippen molar-refractivity contribution in [2.24, 2.45) is 5.92 Å². The van der Waals surface area contributed by atoms with Crippen molar-refractivity contribution in [1.29, 1.82) is 0 Å². The first-order valence-corrected chi connectivity index (χ1v) is 7.32. The molecule has 0 radical (unpaired) electrons. The van der Waals surface area contributed by atoms with Crippen molar-refractivity contribution in [1.82, 2.24) is 0 Å². The van der Waals surface area contributed by atoms with Gasteiger partial charge in [0.05, 0.1) is 24.3 Å². The standard InChI is InChI=1S/C14H18BrNO3/c1-2-19-13-7-6-9(15)8-11(13)16-14(18)10-4-3-5-12(10)17/h6-8,10,12,17H,2-5H2,1H3,(H,16,18). The molecule has 1 aliphatic rings. The normalized spacial score (nSPS) is 22.3. The lowest BCUT2D eigenvalue weighted by Gasteiger charge is -2.16. The molecule has 1 saturated carbocycles. The first-order valence-electron chi connectivity index (χ1n) is 6.53. The fourth-order valence-corrected chi connectivity index (χ4v) is 2.71.